The molecule has 12 heavy (non-hydrogen) atoms. The van der Waals surface area contributed by atoms with Gasteiger partial charge in [-0.3, -0.25) is 0 Å². The molecule has 0 aliphatic carbocycles. The van der Waals surface area contributed by atoms with Crippen molar-refractivity contribution in [3.05, 3.63) is 12.7 Å². The predicted octanol–water partition coefficient (Wildman–Crippen LogP) is 3.61. The fourth-order valence-corrected chi connectivity index (χ4v) is 5.30. The molecule has 0 aliphatic rings. The van der Waals surface area contributed by atoms with Crippen molar-refractivity contribution in [2.45, 2.75) is 44.8 Å². The first kappa shape index (κ1) is 11.5. The molecule has 0 spiro atoms. The summed E-state index contributed by atoms with van der Waals surface area (Å²) in [6, 6.07) is 3.64. The molecule has 0 aromatic heterocycles. The molecule has 0 saturated carbocycles. The van der Waals surface area contributed by atoms with Crippen molar-refractivity contribution < 1.29 is 0 Å². The number of rotatable bonds is 6. The second kappa shape index (κ2) is 6.08. The molecule has 0 heterocycles. The van der Waals surface area contributed by atoms with Crippen molar-refractivity contribution >= 4 is 8.07 Å². The fraction of sp³-hybridized carbons (Fsp3) is 0.636. The molecule has 0 amide bonds. The quantitative estimate of drug-likeness (QED) is 0.333. The van der Waals surface area contributed by atoms with Crippen LogP contribution in [-0.4, -0.2) is 8.07 Å². The summed E-state index contributed by atoms with van der Waals surface area (Å²) >= 11 is 0. The van der Waals surface area contributed by atoms with Crippen LogP contribution in [-0.2, 0) is 0 Å². The SMILES string of the molecule is C#C[Si](CC=C)(CCC)CCC. The van der Waals surface area contributed by atoms with Crippen LogP contribution >= 0.6 is 0 Å². The lowest BCUT2D eigenvalue weighted by atomic mass is 10.6. The minimum atomic E-state index is -1.36. The second-order valence-electron chi connectivity index (χ2n) is 3.42. The van der Waals surface area contributed by atoms with E-state index in [9.17, 15) is 0 Å². The van der Waals surface area contributed by atoms with E-state index in [0.29, 0.717) is 0 Å². The van der Waals surface area contributed by atoms with Crippen LogP contribution in [0.25, 0.3) is 0 Å². The van der Waals surface area contributed by atoms with E-state index in [2.05, 4.69) is 26.0 Å². The smallest absolute Gasteiger partial charge is 0.134 e. The van der Waals surface area contributed by atoms with E-state index in [1.165, 1.54) is 24.9 Å². The van der Waals surface area contributed by atoms with Crippen LogP contribution in [0.3, 0.4) is 0 Å². The number of allylic oxidation sites excluding steroid dienone is 1. The van der Waals surface area contributed by atoms with Gasteiger partial charge in [0.25, 0.3) is 0 Å². The van der Waals surface area contributed by atoms with Gasteiger partial charge in [0.05, 0.1) is 0 Å². The maximum absolute atomic E-state index is 5.63. The summed E-state index contributed by atoms with van der Waals surface area (Å²) in [5, 5.41) is 0. The Bertz CT molecular complexity index is 158. The lowest BCUT2D eigenvalue weighted by Crippen LogP contribution is -2.31. The molecule has 0 N–H and O–H groups in total. The van der Waals surface area contributed by atoms with Gasteiger partial charge >= 0.3 is 0 Å². The number of hydrogen-bond donors (Lipinski definition) is 0. The van der Waals surface area contributed by atoms with Crippen molar-refractivity contribution in [3.63, 3.8) is 0 Å². The summed E-state index contributed by atoms with van der Waals surface area (Å²) in [5.41, 5.74) is 3.09. The molecule has 68 valence electrons. The molecule has 0 fully saturated rings. The highest BCUT2D eigenvalue weighted by atomic mass is 28.3. The van der Waals surface area contributed by atoms with Crippen molar-refractivity contribution in [2.24, 2.45) is 0 Å². The summed E-state index contributed by atoms with van der Waals surface area (Å²) in [6.07, 6.45) is 10.1. The average Bonchev–Trinajstić information content (AvgIpc) is 2.06. The van der Waals surface area contributed by atoms with Crippen LogP contribution in [0.15, 0.2) is 12.7 Å². The van der Waals surface area contributed by atoms with Crippen LogP contribution in [0.1, 0.15) is 26.7 Å². The highest BCUT2D eigenvalue weighted by molar-refractivity contribution is 6.87. The molecule has 0 atom stereocenters. The van der Waals surface area contributed by atoms with Crippen LogP contribution in [0.4, 0.5) is 0 Å². The average molecular weight is 180 g/mol. The predicted molar refractivity (Wildman–Crippen MR) is 59.8 cm³/mol. The summed E-state index contributed by atoms with van der Waals surface area (Å²) in [5.74, 6) is 0. The van der Waals surface area contributed by atoms with E-state index >= 15 is 0 Å². The lowest BCUT2D eigenvalue weighted by molar-refractivity contribution is 0.984. The molecule has 1 heteroatoms. The van der Waals surface area contributed by atoms with Crippen LogP contribution in [0.2, 0.25) is 18.1 Å². The van der Waals surface area contributed by atoms with Gasteiger partial charge in [0, 0.05) is 0 Å². The zero-order valence-electron chi connectivity index (χ0n) is 8.40. The van der Waals surface area contributed by atoms with Gasteiger partial charge in [-0.15, -0.1) is 18.5 Å². The standard InChI is InChI=1S/C11H20Si/c1-5-9-12(8-4,10-6-2)11-7-3/h4-5H,1,6-7,9-11H2,2-3H3. The first-order chi connectivity index (χ1) is 5.74. The van der Waals surface area contributed by atoms with Crippen molar-refractivity contribution in [3.8, 4) is 12.0 Å². The molecule has 0 nitrogen and oxygen atoms in total. The molecule has 0 aromatic rings. The van der Waals surface area contributed by atoms with Gasteiger partial charge in [-0.2, -0.15) is 0 Å². The van der Waals surface area contributed by atoms with E-state index in [0.717, 1.165) is 6.04 Å². The highest BCUT2D eigenvalue weighted by Gasteiger charge is 2.26. The summed E-state index contributed by atoms with van der Waals surface area (Å²) in [6.45, 7) is 8.24. The molecule has 0 saturated heterocycles. The maximum atomic E-state index is 5.63. The second-order valence-corrected chi connectivity index (χ2v) is 7.68. The maximum Gasteiger partial charge on any atom is 0.141 e. The van der Waals surface area contributed by atoms with Gasteiger partial charge in [0.15, 0.2) is 0 Å². The van der Waals surface area contributed by atoms with Gasteiger partial charge in [0.2, 0.25) is 0 Å². The Morgan fingerprint density at radius 3 is 2.08 bits per heavy atom. The Hall–Kier alpha value is -0.483. The first-order valence-electron chi connectivity index (χ1n) is 4.83. The van der Waals surface area contributed by atoms with Crippen LogP contribution < -0.4 is 0 Å². The molecule has 0 unspecified atom stereocenters. The molecule has 0 radical (unpaired) electrons. The third-order valence-electron chi connectivity index (χ3n) is 2.30. The fourth-order valence-electron chi connectivity index (χ4n) is 1.77. The van der Waals surface area contributed by atoms with Crippen molar-refractivity contribution in [1.29, 1.82) is 0 Å². The Morgan fingerprint density at radius 1 is 1.33 bits per heavy atom. The first-order valence-corrected chi connectivity index (χ1v) is 7.45. The molecule has 0 aliphatic heterocycles. The molecular formula is C11H20Si. The minimum absolute atomic E-state index is 1.10. The van der Waals surface area contributed by atoms with E-state index in [-0.39, 0.29) is 0 Å². The van der Waals surface area contributed by atoms with E-state index in [4.69, 9.17) is 6.42 Å². The van der Waals surface area contributed by atoms with Gasteiger partial charge < -0.3 is 0 Å². The third-order valence-corrected chi connectivity index (χ3v) is 6.90. The van der Waals surface area contributed by atoms with Crippen LogP contribution in [0, 0.1) is 12.0 Å². The lowest BCUT2D eigenvalue weighted by Gasteiger charge is -2.23. The number of hydrogen-bond acceptors (Lipinski definition) is 0. The summed E-state index contributed by atoms with van der Waals surface area (Å²) in [7, 11) is -1.36. The van der Waals surface area contributed by atoms with Crippen molar-refractivity contribution in [1.82, 2.24) is 0 Å². The Labute approximate surface area is 78.1 Å². The third kappa shape index (κ3) is 3.28. The van der Waals surface area contributed by atoms with Gasteiger partial charge in [0.1, 0.15) is 8.07 Å². The van der Waals surface area contributed by atoms with Gasteiger partial charge in [-0.25, -0.2) is 0 Å². The van der Waals surface area contributed by atoms with Crippen LogP contribution in [0.5, 0.6) is 0 Å². The van der Waals surface area contributed by atoms with E-state index < -0.39 is 8.07 Å². The molecule has 0 aromatic carbocycles. The normalized spacial score (nSPS) is 10.8. The molecular weight excluding hydrogens is 160 g/mol. The monoisotopic (exact) mass is 180 g/mol. The molecule has 0 bridgehead atoms. The summed E-state index contributed by atoms with van der Waals surface area (Å²) in [4.78, 5) is 0. The Morgan fingerprint density at radius 2 is 1.83 bits per heavy atom. The Kier molecular flexibility index (Phi) is 5.83. The topological polar surface area (TPSA) is 0 Å². The number of terminal acetylenes is 1. The zero-order chi connectivity index (χ0) is 9.45. The van der Waals surface area contributed by atoms with E-state index in [1.54, 1.807) is 0 Å². The molecule has 0 rings (SSSR count). The summed E-state index contributed by atoms with van der Waals surface area (Å²) < 4.78 is 0. The Balaban J connectivity index is 4.29. The largest absolute Gasteiger partial charge is 0.141 e. The van der Waals surface area contributed by atoms with Gasteiger partial charge in [-0.1, -0.05) is 32.8 Å². The van der Waals surface area contributed by atoms with E-state index in [1.807, 2.05) is 6.08 Å². The minimum Gasteiger partial charge on any atom is -0.134 e. The highest BCUT2D eigenvalue weighted by Crippen LogP contribution is 2.23. The van der Waals surface area contributed by atoms with Gasteiger partial charge in [-0.05, 0) is 18.1 Å². The zero-order valence-corrected chi connectivity index (χ0v) is 9.40. The van der Waals surface area contributed by atoms with Crippen molar-refractivity contribution in [2.75, 3.05) is 0 Å².